The van der Waals surface area contributed by atoms with Gasteiger partial charge in [-0.2, -0.15) is 0 Å². The van der Waals surface area contributed by atoms with Crippen molar-refractivity contribution in [1.29, 1.82) is 0 Å². The van der Waals surface area contributed by atoms with Crippen LogP contribution >= 0.6 is 0 Å². The van der Waals surface area contributed by atoms with E-state index in [2.05, 4.69) is 55.1 Å². The van der Waals surface area contributed by atoms with Crippen molar-refractivity contribution in [3.8, 4) is 11.1 Å². The molecule has 1 fully saturated rings. The standard InChI is InChI=1S/C27H34N2O3/c1-6-28(7-2)19-23-18-24(29(25(23)30)26(31)32-27(3,4)5)17-20-13-15-22(16-14-20)21-11-9-8-10-12-21/h8-16,19,24H,6-7,17-18H2,1-5H3/t24-/m1/s1. The van der Waals surface area contributed by atoms with Crippen molar-refractivity contribution in [2.24, 2.45) is 0 Å². The molecule has 1 aliphatic heterocycles. The molecule has 1 atom stereocenters. The van der Waals surface area contributed by atoms with E-state index in [4.69, 9.17) is 4.74 Å². The first-order valence-electron chi connectivity index (χ1n) is 11.4. The van der Waals surface area contributed by atoms with Crippen LogP contribution in [0, 0.1) is 0 Å². The monoisotopic (exact) mass is 434 g/mol. The molecular weight excluding hydrogens is 400 g/mol. The van der Waals surface area contributed by atoms with Gasteiger partial charge in [0.25, 0.3) is 5.91 Å². The summed E-state index contributed by atoms with van der Waals surface area (Å²) in [6.45, 7) is 11.2. The van der Waals surface area contributed by atoms with Crippen LogP contribution in [0.25, 0.3) is 11.1 Å². The van der Waals surface area contributed by atoms with Gasteiger partial charge in [0.1, 0.15) is 5.60 Å². The first-order valence-corrected chi connectivity index (χ1v) is 11.4. The van der Waals surface area contributed by atoms with E-state index < -0.39 is 11.7 Å². The van der Waals surface area contributed by atoms with E-state index in [1.807, 2.05) is 45.2 Å². The number of hydrogen-bond donors (Lipinski definition) is 0. The molecule has 0 spiro atoms. The van der Waals surface area contributed by atoms with Gasteiger partial charge in [-0.25, -0.2) is 9.69 Å². The number of ether oxygens (including phenoxy) is 1. The van der Waals surface area contributed by atoms with E-state index in [-0.39, 0.29) is 11.9 Å². The molecule has 0 saturated carbocycles. The number of hydrogen-bond acceptors (Lipinski definition) is 4. The minimum atomic E-state index is -0.662. The van der Waals surface area contributed by atoms with Crippen molar-refractivity contribution in [1.82, 2.24) is 9.80 Å². The molecular formula is C27H34N2O3. The third-order valence-corrected chi connectivity index (χ3v) is 5.59. The third-order valence-electron chi connectivity index (χ3n) is 5.59. The number of imide groups is 1. The van der Waals surface area contributed by atoms with E-state index in [1.165, 1.54) is 4.90 Å². The van der Waals surface area contributed by atoms with Crippen molar-refractivity contribution in [3.05, 3.63) is 71.9 Å². The molecule has 0 aliphatic carbocycles. The summed E-state index contributed by atoms with van der Waals surface area (Å²) in [5.74, 6) is -0.253. The second kappa shape index (κ2) is 10.0. The van der Waals surface area contributed by atoms with Gasteiger partial charge in [0, 0.05) is 31.3 Å². The van der Waals surface area contributed by atoms with Gasteiger partial charge in [-0.15, -0.1) is 0 Å². The molecule has 2 amide bonds. The van der Waals surface area contributed by atoms with Crippen LogP contribution in [0.3, 0.4) is 0 Å². The lowest BCUT2D eigenvalue weighted by Gasteiger charge is -2.27. The van der Waals surface area contributed by atoms with Gasteiger partial charge in [-0.1, -0.05) is 54.6 Å². The maximum absolute atomic E-state index is 13.2. The van der Waals surface area contributed by atoms with Gasteiger partial charge < -0.3 is 9.64 Å². The highest BCUT2D eigenvalue weighted by Crippen LogP contribution is 2.30. The quantitative estimate of drug-likeness (QED) is 0.551. The number of rotatable bonds is 6. The van der Waals surface area contributed by atoms with Crippen molar-refractivity contribution in [2.75, 3.05) is 13.1 Å². The SMILES string of the molecule is CCN(C=C1C[C@@H](Cc2ccc(-c3ccccc3)cc2)N(C(=O)OC(C)(C)C)C1=O)CC. The van der Waals surface area contributed by atoms with Crippen molar-refractivity contribution in [2.45, 2.75) is 59.1 Å². The number of carbonyl (C=O) groups excluding carboxylic acids is 2. The average Bonchev–Trinajstić information content (AvgIpc) is 3.06. The summed E-state index contributed by atoms with van der Waals surface area (Å²) in [4.78, 5) is 29.5. The molecule has 0 unspecified atom stereocenters. The Labute approximate surface area is 191 Å². The maximum atomic E-state index is 13.2. The van der Waals surface area contributed by atoms with E-state index >= 15 is 0 Å². The van der Waals surface area contributed by atoms with Crippen LogP contribution in [0.15, 0.2) is 66.4 Å². The molecule has 0 radical (unpaired) electrons. The molecule has 1 aliphatic rings. The Balaban J connectivity index is 1.84. The van der Waals surface area contributed by atoms with E-state index in [1.54, 1.807) is 0 Å². The van der Waals surface area contributed by atoms with E-state index in [0.717, 1.165) is 29.8 Å². The molecule has 32 heavy (non-hydrogen) atoms. The molecule has 170 valence electrons. The number of benzene rings is 2. The zero-order valence-electron chi connectivity index (χ0n) is 19.8. The predicted octanol–water partition coefficient (Wildman–Crippen LogP) is 5.66. The van der Waals surface area contributed by atoms with Crippen LogP contribution in [0.4, 0.5) is 4.79 Å². The van der Waals surface area contributed by atoms with Gasteiger partial charge in [0.05, 0.1) is 6.04 Å². The second-order valence-corrected chi connectivity index (χ2v) is 9.16. The fourth-order valence-electron chi connectivity index (χ4n) is 3.93. The molecule has 0 N–H and O–H groups in total. The lowest BCUT2D eigenvalue weighted by molar-refractivity contribution is -0.125. The van der Waals surface area contributed by atoms with Crippen molar-refractivity contribution in [3.63, 3.8) is 0 Å². The lowest BCUT2D eigenvalue weighted by atomic mass is 9.99. The highest BCUT2D eigenvalue weighted by molar-refractivity contribution is 6.05. The molecule has 0 bridgehead atoms. The Morgan fingerprint density at radius 1 is 1.03 bits per heavy atom. The first-order chi connectivity index (χ1) is 15.2. The Hall–Kier alpha value is -3.08. The summed E-state index contributed by atoms with van der Waals surface area (Å²) < 4.78 is 5.57. The molecule has 1 heterocycles. The molecule has 3 rings (SSSR count). The predicted molar refractivity (Wildman–Crippen MR) is 128 cm³/mol. The summed E-state index contributed by atoms with van der Waals surface area (Å²) >= 11 is 0. The molecule has 2 aromatic rings. The van der Waals surface area contributed by atoms with Gasteiger partial charge in [0.15, 0.2) is 0 Å². The largest absolute Gasteiger partial charge is 0.443 e. The zero-order valence-corrected chi connectivity index (χ0v) is 19.8. The van der Waals surface area contributed by atoms with Gasteiger partial charge >= 0.3 is 6.09 Å². The number of nitrogens with zero attached hydrogens (tertiary/aromatic N) is 2. The van der Waals surface area contributed by atoms with Crippen LogP contribution in [0.5, 0.6) is 0 Å². The summed E-state index contributed by atoms with van der Waals surface area (Å²) in [6, 6.07) is 18.3. The summed E-state index contributed by atoms with van der Waals surface area (Å²) in [5.41, 5.74) is 3.38. The Morgan fingerprint density at radius 3 is 2.19 bits per heavy atom. The van der Waals surface area contributed by atoms with Gasteiger partial charge in [0.2, 0.25) is 0 Å². The van der Waals surface area contributed by atoms with E-state index in [9.17, 15) is 9.59 Å². The average molecular weight is 435 g/mol. The fourth-order valence-corrected chi connectivity index (χ4v) is 3.93. The number of amides is 2. The minimum absolute atomic E-state index is 0.253. The molecule has 5 heteroatoms. The molecule has 2 aromatic carbocycles. The van der Waals surface area contributed by atoms with E-state index in [0.29, 0.717) is 18.4 Å². The highest BCUT2D eigenvalue weighted by atomic mass is 16.6. The Morgan fingerprint density at radius 2 is 1.62 bits per heavy atom. The fraction of sp³-hybridized carbons (Fsp3) is 0.407. The first kappa shape index (κ1) is 23.6. The molecule has 0 aromatic heterocycles. The second-order valence-electron chi connectivity index (χ2n) is 9.16. The van der Waals surface area contributed by atoms with Crippen LogP contribution in [-0.2, 0) is 16.0 Å². The summed E-state index contributed by atoms with van der Waals surface area (Å²) in [6.07, 6.45) is 2.44. The maximum Gasteiger partial charge on any atom is 0.417 e. The Kier molecular flexibility index (Phi) is 7.39. The number of carbonyl (C=O) groups is 2. The third kappa shape index (κ3) is 5.78. The summed E-state index contributed by atoms with van der Waals surface area (Å²) in [5, 5.41) is 0. The normalized spacial score (nSPS) is 17.7. The molecule has 1 saturated heterocycles. The topological polar surface area (TPSA) is 49.9 Å². The summed E-state index contributed by atoms with van der Waals surface area (Å²) in [7, 11) is 0. The lowest BCUT2D eigenvalue weighted by Crippen LogP contribution is -2.43. The van der Waals surface area contributed by atoms with Crippen LogP contribution in [-0.4, -0.2) is 46.5 Å². The van der Waals surface area contributed by atoms with Crippen LogP contribution in [0.1, 0.15) is 46.6 Å². The zero-order chi connectivity index (χ0) is 23.3. The van der Waals surface area contributed by atoms with Crippen LogP contribution < -0.4 is 0 Å². The molecule has 5 nitrogen and oxygen atoms in total. The smallest absolute Gasteiger partial charge is 0.417 e. The minimum Gasteiger partial charge on any atom is -0.443 e. The van der Waals surface area contributed by atoms with Crippen molar-refractivity contribution < 1.29 is 14.3 Å². The van der Waals surface area contributed by atoms with Crippen molar-refractivity contribution >= 4 is 12.0 Å². The Bertz CT molecular complexity index is 955. The van der Waals surface area contributed by atoms with Crippen LogP contribution in [0.2, 0.25) is 0 Å². The highest BCUT2D eigenvalue weighted by Gasteiger charge is 2.41. The van der Waals surface area contributed by atoms with Gasteiger partial charge in [-0.3, -0.25) is 4.79 Å². The number of likely N-dealkylation sites (tertiary alicyclic amines) is 1. The van der Waals surface area contributed by atoms with Gasteiger partial charge in [-0.05, 0) is 57.7 Å².